The number of hydrogen-bond acceptors (Lipinski definition) is 2. The summed E-state index contributed by atoms with van der Waals surface area (Å²) >= 11 is 0. The van der Waals surface area contributed by atoms with Gasteiger partial charge in [0.1, 0.15) is 0 Å². The molecular weight excluding hydrogens is 212 g/mol. The Morgan fingerprint density at radius 3 is 2.35 bits per heavy atom. The minimum atomic E-state index is -0.0197. The summed E-state index contributed by atoms with van der Waals surface area (Å²) in [6, 6.07) is 0. The molecule has 17 heavy (non-hydrogen) atoms. The summed E-state index contributed by atoms with van der Waals surface area (Å²) < 4.78 is 0. The molecule has 1 atom stereocenters. The quantitative estimate of drug-likeness (QED) is 0.775. The molecule has 1 unspecified atom stereocenters. The Morgan fingerprint density at radius 2 is 1.88 bits per heavy atom. The van der Waals surface area contributed by atoms with Crippen LogP contribution in [0.15, 0.2) is 0 Å². The van der Waals surface area contributed by atoms with Crippen LogP contribution in [0.4, 0.5) is 0 Å². The molecule has 1 fully saturated rings. The number of nitrogens with two attached hydrogens (primary N) is 1. The number of carbonyl (C=O) groups excluding carboxylic acids is 1. The second-order valence-corrected chi connectivity index (χ2v) is 6.17. The summed E-state index contributed by atoms with van der Waals surface area (Å²) in [7, 11) is 0. The topological polar surface area (TPSA) is 55.1 Å². The highest BCUT2D eigenvalue weighted by molar-refractivity contribution is 5.79. The molecule has 0 radical (unpaired) electrons. The number of carbonyl (C=O) groups is 1. The van der Waals surface area contributed by atoms with Crippen LogP contribution in [0.5, 0.6) is 0 Å². The van der Waals surface area contributed by atoms with E-state index in [-0.39, 0.29) is 17.4 Å². The predicted molar refractivity (Wildman–Crippen MR) is 71.6 cm³/mol. The Morgan fingerprint density at radius 1 is 1.29 bits per heavy atom. The van der Waals surface area contributed by atoms with Gasteiger partial charge in [0.25, 0.3) is 0 Å². The second-order valence-electron chi connectivity index (χ2n) is 6.17. The summed E-state index contributed by atoms with van der Waals surface area (Å²) in [5.74, 6) is 0.660. The molecule has 0 saturated heterocycles. The Balaban J connectivity index is 2.50. The Kier molecular flexibility index (Phi) is 5.44. The van der Waals surface area contributed by atoms with Crippen LogP contribution in [0.3, 0.4) is 0 Å². The van der Waals surface area contributed by atoms with Crippen molar-refractivity contribution in [2.75, 3.05) is 6.54 Å². The van der Waals surface area contributed by atoms with Gasteiger partial charge in [0.05, 0.1) is 5.92 Å². The average Bonchev–Trinajstić information content (AvgIpc) is 2.25. The molecule has 0 bridgehead atoms. The van der Waals surface area contributed by atoms with E-state index in [1.54, 1.807) is 0 Å². The lowest BCUT2D eigenvalue weighted by molar-refractivity contribution is -0.127. The predicted octanol–water partition coefficient (Wildman–Crippen LogP) is 2.45. The number of rotatable bonds is 5. The molecule has 1 aliphatic rings. The lowest BCUT2D eigenvalue weighted by atomic mass is 9.82. The van der Waals surface area contributed by atoms with Crippen molar-refractivity contribution < 1.29 is 4.79 Å². The van der Waals surface area contributed by atoms with Crippen LogP contribution in [-0.2, 0) is 4.79 Å². The van der Waals surface area contributed by atoms with Gasteiger partial charge >= 0.3 is 0 Å². The van der Waals surface area contributed by atoms with Crippen LogP contribution in [0.1, 0.15) is 59.3 Å². The maximum Gasteiger partial charge on any atom is 0.224 e. The SMILES string of the molecule is CC(C)CC(CN)C(=O)NC1(C)CCCCC1. The number of hydrogen-bond donors (Lipinski definition) is 2. The van der Waals surface area contributed by atoms with E-state index >= 15 is 0 Å². The summed E-state index contributed by atoms with van der Waals surface area (Å²) in [6.45, 7) is 6.91. The molecule has 3 N–H and O–H groups in total. The van der Waals surface area contributed by atoms with E-state index < -0.39 is 0 Å². The van der Waals surface area contributed by atoms with Crippen molar-refractivity contribution in [1.29, 1.82) is 0 Å². The third-order valence-corrected chi connectivity index (χ3v) is 3.79. The lowest BCUT2D eigenvalue weighted by Gasteiger charge is -2.36. The van der Waals surface area contributed by atoms with Gasteiger partial charge in [0.2, 0.25) is 5.91 Å². The zero-order valence-corrected chi connectivity index (χ0v) is 11.6. The zero-order chi connectivity index (χ0) is 12.9. The Bertz CT molecular complexity index is 245. The summed E-state index contributed by atoms with van der Waals surface area (Å²) in [5.41, 5.74) is 5.72. The van der Waals surface area contributed by atoms with Crippen LogP contribution in [0.2, 0.25) is 0 Å². The standard InChI is InChI=1S/C14H28N2O/c1-11(2)9-12(10-15)13(17)16-14(3)7-5-4-6-8-14/h11-12H,4-10,15H2,1-3H3,(H,16,17). The maximum atomic E-state index is 12.2. The minimum Gasteiger partial charge on any atom is -0.351 e. The highest BCUT2D eigenvalue weighted by Crippen LogP contribution is 2.28. The van der Waals surface area contributed by atoms with E-state index in [2.05, 4.69) is 26.1 Å². The van der Waals surface area contributed by atoms with Crippen molar-refractivity contribution >= 4 is 5.91 Å². The van der Waals surface area contributed by atoms with Gasteiger partial charge in [0, 0.05) is 12.1 Å². The molecule has 3 nitrogen and oxygen atoms in total. The molecule has 100 valence electrons. The van der Waals surface area contributed by atoms with Crippen LogP contribution in [0.25, 0.3) is 0 Å². The molecule has 3 heteroatoms. The summed E-state index contributed by atoms with van der Waals surface area (Å²) in [6.07, 6.45) is 6.87. The molecule has 0 aromatic heterocycles. The molecule has 0 heterocycles. The summed E-state index contributed by atoms with van der Waals surface area (Å²) in [4.78, 5) is 12.2. The molecule has 0 aromatic carbocycles. The van der Waals surface area contributed by atoms with Gasteiger partial charge in [-0.05, 0) is 32.1 Å². The highest BCUT2D eigenvalue weighted by Gasteiger charge is 2.30. The van der Waals surface area contributed by atoms with Gasteiger partial charge in [-0.2, -0.15) is 0 Å². The van der Waals surface area contributed by atoms with Crippen LogP contribution in [0, 0.1) is 11.8 Å². The van der Waals surface area contributed by atoms with Crippen molar-refractivity contribution in [3.63, 3.8) is 0 Å². The molecule has 0 spiro atoms. The van der Waals surface area contributed by atoms with E-state index in [1.807, 2.05) is 0 Å². The molecule has 1 amide bonds. The first-order chi connectivity index (χ1) is 7.97. The van der Waals surface area contributed by atoms with Crippen molar-refractivity contribution in [2.24, 2.45) is 17.6 Å². The molecule has 1 aliphatic carbocycles. The highest BCUT2D eigenvalue weighted by atomic mass is 16.2. The normalized spacial score (nSPS) is 21.2. The molecular formula is C14H28N2O. The monoisotopic (exact) mass is 240 g/mol. The van der Waals surface area contributed by atoms with E-state index in [9.17, 15) is 4.79 Å². The van der Waals surface area contributed by atoms with Gasteiger partial charge in [-0.25, -0.2) is 0 Å². The van der Waals surface area contributed by atoms with Crippen molar-refractivity contribution in [2.45, 2.75) is 64.8 Å². The van der Waals surface area contributed by atoms with Gasteiger partial charge in [0.15, 0.2) is 0 Å². The van der Waals surface area contributed by atoms with E-state index in [1.165, 1.54) is 19.3 Å². The van der Waals surface area contributed by atoms with E-state index in [4.69, 9.17) is 5.73 Å². The van der Waals surface area contributed by atoms with Gasteiger partial charge < -0.3 is 11.1 Å². The molecule has 1 rings (SSSR count). The van der Waals surface area contributed by atoms with Crippen molar-refractivity contribution in [1.82, 2.24) is 5.32 Å². The van der Waals surface area contributed by atoms with Crippen LogP contribution < -0.4 is 11.1 Å². The van der Waals surface area contributed by atoms with Crippen LogP contribution >= 0.6 is 0 Å². The molecule has 1 saturated carbocycles. The van der Waals surface area contributed by atoms with Gasteiger partial charge in [-0.1, -0.05) is 33.1 Å². The first kappa shape index (κ1) is 14.5. The van der Waals surface area contributed by atoms with E-state index in [0.717, 1.165) is 19.3 Å². The maximum absolute atomic E-state index is 12.2. The third kappa shape index (κ3) is 4.66. The smallest absolute Gasteiger partial charge is 0.224 e. The molecule has 0 aliphatic heterocycles. The molecule has 0 aromatic rings. The first-order valence-electron chi connectivity index (χ1n) is 6.99. The number of nitrogens with one attached hydrogen (secondary N) is 1. The third-order valence-electron chi connectivity index (χ3n) is 3.79. The fourth-order valence-electron chi connectivity index (χ4n) is 2.74. The van der Waals surface area contributed by atoms with Gasteiger partial charge in [-0.15, -0.1) is 0 Å². The fourth-order valence-corrected chi connectivity index (χ4v) is 2.74. The van der Waals surface area contributed by atoms with Crippen molar-refractivity contribution in [3.8, 4) is 0 Å². The largest absolute Gasteiger partial charge is 0.351 e. The number of amides is 1. The first-order valence-corrected chi connectivity index (χ1v) is 6.99. The Labute approximate surface area is 106 Å². The Hall–Kier alpha value is -0.570. The lowest BCUT2D eigenvalue weighted by Crippen LogP contribution is -2.50. The van der Waals surface area contributed by atoms with E-state index in [0.29, 0.717) is 12.5 Å². The average molecular weight is 240 g/mol. The van der Waals surface area contributed by atoms with Crippen molar-refractivity contribution in [3.05, 3.63) is 0 Å². The summed E-state index contributed by atoms with van der Waals surface area (Å²) in [5, 5.41) is 3.23. The fraction of sp³-hybridized carbons (Fsp3) is 0.929. The van der Waals surface area contributed by atoms with Gasteiger partial charge in [-0.3, -0.25) is 4.79 Å². The zero-order valence-electron chi connectivity index (χ0n) is 11.6. The minimum absolute atomic E-state index is 0.0136. The van der Waals surface area contributed by atoms with Crippen LogP contribution in [-0.4, -0.2) is 18.0 Å². The second kappa shape index (κ2) is 6.39.